The van der Waals surface area contributed by atoms with E-state index in [1.165, 1.54) is 17.4 Å². The number of imidazole rings is 1. The van der Waals surface area contributed by atoms with Crippen molar-refractivity contribution in [3.8, 4) is 0 Å². The highest BCUT2D eigenvalue weighted by atomic mass is 32.1. The second-order valence-electron chi connectivity index (χ2n) is 24.4. The standard InChI is InChI=1S/C68H83N15O15S2/c1-37(2)57(82-62(91)47(28-41-32-72-45-22-13-12-21-43(41)45)74-63(92)52(34-99)80-58(87)44(69)25-38-15-6-3-7-16-38)66(95)78-50(27-40-19-10-5-11-20-40)67(96)83-24-14-23-54(83)65(94)77-46(26-39-17-8-4-9-18-39)59(88)76-49(30-55(70)84)61(90)75-48(29-42-33-71-36-73-42)60(89)81-53(35-100)64(93)79-51(68(97)98)31-56(85)86/h3-13,15-22,32-33,36-37,44,46-54,57,72,99-100H,14,23-31,34-35,69H2,1-2H3,(H2,70,84)(H,71,73)(H,74,92)(H,75,90)(H,76,88)(H,77,94)(H,78,95)(H,79,93)(H,80,87)(H,81,89)(H,82,91)(H,85,86)(H,97,98)/t44-,46-,47-,48-,49-,50-,51-,52-,53-,54-,57-/m0/s1. The van der Waals surface area contributed by atoms with E-state index in [9.17, 15) is 67.7 Å². The molecule has 0 aliphatic carbocycles. The van der Waals surface area contributed by atoms with Crippen molar-refractivity contribution in [2.75, 3.05) is 18.1 Å². The van der Waals surface area contributed by atoms with Crippen molar-refractivity contribution in [2.45, 2.75) is 138 Å². The summed E-state index contributed by atoms with van der Waals surface area (Å²) in [6.07, 6.45) is 2.23. The van der Waals surface area contributed by atoms with Crippen LogP contribution in [0.2, 0.25) is 0 Å². The topological polar surface area (TPSA) is 470 Å². The van der Waals surface area contributed by atoms with E-state index in [2.05, 4.69) is 82.7 Å². The predicted molar refractivity (Wildman–Crippen MR) is 371 cm³/mol. The molecular weight excluding hydrogens is 1330 g/mol. The number of thiol groups is 2. The Morgan fingerprint density at radius 2 is 1.00 bits per heavy atom. The third kappa shape index (κ3) is 22.5. The zero-order valence-corrected chi connectivity index (χ0v) is 56.5. The Hall–Kier alpha value is -10.6. The minimum atomic E-state index is -1.89. The van der Waals surface area contributed by atoms with Crippen molar-refractivity contribution in [1.29, 1.82) is 0 Å². The Bertz CT molecular complexity index is 3850. The van der Waals surface area contributed by atoms with Gasteiger partial charge in [0.05, 0.1) is 25.2 Å². The minimum absolute atomic E-state index is 0.0149. The molecule has 0 bridgehead atoms. The molecule has 3 heterocycles. The van der Waals surface area contributed by atoms with Crippen LogP contribution in [0.5, 0.6) is 0 Å². The highest BCUT2D eigenvalue weighted by Gasteiger charge is 2.42. The van der Waals surface area contributed by atoms with E-state index in [4.69, 9.17) is 11.5 Å². The summed E-state index contributed by atoms with van der Waals surface area (Å²) in [4.78, 5) is 190. The van der Waals surface area contributed by atoms with Crippen LogP contribution < -0.4 is 59.3 Å². The highest BCUT2D eigenvalue weighted by Crippen LogP contribution is 2.23. The minimum Gasteiger partial charge on any atom is -0.481 e. The van der Waals surface area contributed by atoms with Gasteiger partial charge < -0.3 is 84.4 Å². The number of para-hydroxylation sites is 1. The molecular formula is C68H83N15O15S2. The van der Waals surface area contributed by atoms with Gasteiger partial charge in [-0.25, -0.2) is 9.78 Å². The first-order valence-corrected chi connectivity index (χ1v) is 33.5. The fourth-order valence-electron chi connectivity index (χ4n) is 11.3. The number of aliphatic carboxylic acids is 2. The molecule has 1 aliphatic heterocycles. The number of carbonyl (C=O) groups excluding carboxylic acids is 11. The molecule has 1 aliphatic rings. The van der Waals surface area contributed by atoms with Crippen molar-refractivity contribution in [2.24, 2.45) is 17.4 Å². The molecule has 2 aromatic heterocycles. The second kappa shape index (κ2) is 37.4. The van der Waals surface area contributed by atoms with Gasteiger partial charge in [-0.15, -0.1) is 0 Å². The van der Waals surface area contributed by atoms with Crippen LogP contribution in [-0.2, 0) is 94.4 Å². The van der Waals surface area contributed by atoms with Crippen LogP contribution in [-0.4, -0.2) is 191 Å². The van der Waals surface area contributed by atoms with Gasteiger partial charge in [0, 0.05) is 72.7 Å². The van der Waals surface area contributed by atoms with Gasteiger partial charge in [-0.05, 0) is 53.5 Å². The molecule has 11 atom stereocenters. The first-order chi connectivity index (χ1) is 47.8. The number of fused-ring (bicyclic) bond motifs is 1. The van der Waals surface area contributed by atoms with E-state index in [0.717, 1.165) is 16.5 Å². The molecule has 6 aromatic rings. The first-order valence-electron chi connectivity index (χ1n) is 32.2. The molecule has 32 heteroatoms. The second-order valence-corrected chi connectivity index (χ2v) is 25.1. The van der Waals surface area contributed by atoms with Gasteiger partial charge in [0.2, 0.25) is 65.0 Å². The van der Waals surface area contributed by atoms with E-state index < -0.39 is 168 Å². The first kappa shape index (κ1) is 76.8. The van der Waals surface area contributed by atoms with E-state index >= 15 is 4.79 Å². The van der Waals surface area contributed by atoms with Crippen LogP contribution in [0.4, 0.5) is 0 Å². The third-order valence-corrected chi connectivity index (χ3v) is 17.3. The number of hydrogen-bond donors (Lipinski definition) is 17. The third-order valence-electron chi connectivity index (χ3n) is 16.5. The number of likely N-dealkylation sites (tertiary alicyclic amines) is 1. The van der Waals surface area contributed by atoms with Crippen LogP contribution in [0.3, 0.4) is 0 Å². The maximum Gasteiger partial charge on any atom is 0.326 e. The summed E-state index contributed by atoms with van der Waals surface area (Å²) in [5.41, 5.74) is 15.5. The van der Waals surface area contributed by atoms with E-state index in [1.807, 2.05) is 47.8 Å². The molecule has 7 rings (SSSR count). The number of rotatable bonds is 37. The Morgan fingerprint density at radius 3 is 1.54 bits per heavy atom. The molecule has 4 aromatic carbocycles. The molecule has 0 spiro atoms. The smallest absolute Gasteiger partial charge is 0.326 e. The lowest BCUT2D eigenvalue weighted by molar-refractivity contribution is -0.147. The van der Waals surface area contributed by atoms with Crippen LogP contribution in [0.25, 0.3) is 10.9 Å². The quantitative estimate of drug-likeness (QED) is 0.0209. The molecule has 30 nitrogen and oxygen atoms in total. The summed E-state index contributed by atoms with van der Waals surface area (Å²) in [6.45, 7) is 3.35. The number of hydrogen-bond acceptors (Lipinski definition) is 17. The van der Waals surface area contributed by atoms with Crippen molar-refractivity contribution >= 4 is 113 Å². The Labute approximate surface area is 586 Å². The van der Waals surface area contributed by atoms with Gasteiger partial charge in [0.1, 0.15) is 60.4 Å². The van der Waals surface area contributed by atoms with Crippen molar-refractivity contribution in [1.82, 2.24) is 67.7 Å². The van der Waals surface area contributed by atoms with Gasteiger partial charge in [-0.3, -0.25) is 57.5 Å². The van der Waals surface area contributed by atoms with Crippen molar-refractivity contribution in [3.63, 3.8) is 0 Å². The number of nitrogens with zero attached hydrogens (tertiary/aromatic N) is 2. The monoisotopic (exact) mass is 1410 g/mol. The van der Waals surface area contributed by atoms with Crippen molar-refractivity contribution < 1.29 is 72.5 Å². The number of aromatic amines is 2. The van der Waals surface area contributed by atoms with Gasteiger partial charge in [-0.1, -0.05) is 123 Å². The maximum absolute atomic E-state index is 15.2. The van der Waals surface area contributed by atoms with Crippen molar-refractivity contribution in [3.05, 3.63) is 162 Å². The number of carboxylic acids is 2. The number of carboxylic acid groups (broad SMARTS) is 2. The Morgan fingerprint density at radius 1 is 0.530 bits per heavy atom. The summed E-state index contributed by atoms with van der Waals surface area (Å²) < 4.78 is 0. The van der Waals surface area contributed by atoms with Crippen LogP contribution in [0, 0.1) is 5.92 Å². The van der Waals surface area contributed by atoms with Crippen LogP contribution in [0.15, 0.2) is 134 Å². The van der Waals surface area contributed by atoms with E-state index in [1.54, 1.807) is 92.8 Å². The average Bonchev–Trinajstić information content (AvgIpc) is 1.66. The molecule has 17 N–H and O–H groups in total. The lowest BCUT2D eigenvalue weighted by Gasteiger charge is -2.32. The van der Waals surface area contributed by atoms with Crippen LogP contribution in [0.1, 0.15) is 67.5 Å². The zero-order valence-electron chi connectivity index (χ0n) is 54.8. The lowest BCUT2D eigenvalue weighted by atomic mass is 9.99. The molecule has 100 heavy (non-hydrogen) atoms. The number of carbonyl (C=O) groups is 13. The number of H-pyrrole nitrogens is 2. The molecule has 1 fully saturated rings. The van der Waals surface area contributed by atoms with E-state index in [-0.39, 0.29) is 56.5 Å². The molecule has 0 saturated carbocycles. The number of benzene rings is 4. The molecule has 1 saturated heterocycles. The predicted octanol–water partition coefficient (Wildman–Crippen LogP) is -0.964. The lowest BCUT2D eigenvalue weighted by Crippen LogP contribution is -2.62. The van der Waals surface area contributed by atoms with E-state index in [0.29, 0.717) is 23.1 Å². The number of primary amides is 1. The molecule has 0 unspecified atom stereocenters. The fourth-order valence-corrected chi connectivity index (χ4v) is 11.8. The normalized spacial score (nSPS) is 15.7. The summed E-state index contributed by atoms with van der Waals surface area (Å²) in [5.74, 6) is -14.4. The number of nitrogens with one attached hydrogen (secondary N) is 11. The summed E-state index contributed by atoms with van der Waals surface area (Å²) >= 11 is 8.46. The Balaban J connectivity index is 1.09. The fraction of sp³-hybridized carbons (Fsp3) is 0.382. The highest BCUT2D eigenvalue weighted by molar-refractivity contribution is 7.80. The Kier molecular flexibility index (Phi) is 28.7. The molecule has 0 radical (unpaired) electrons. The summed E-state index contributed by atoms with van der Waals surface area (Å²) in [7, 11) is 0. The average molecular weight is 1410 g/mol. The number of aromatic nitrogens is 3. The number of nitrogens with two attached hydrogens (primary N) is 2. The maximum atomic E-state index is 15.2. The summed E-state index contributed by atoms with van der Waals surface area (Å²) in [6, 6.07) is 17.4. The van der Waals surface area contributed by atoms with Gasteiger partial charge in [0.25, 0.3) is 0 Å². The number of amides is 11. The largest absolute Gasteiger partial charge is 0.481 e. The SMILES string of the molecule is CC(C)[C@H](NC(=O)[C@H](Cc1c[nH]c2ccccc12)NC(=O)[C@H](CS)NC(=O)[C@@H](N)Cc1ccccc1)C(=O)N[C@@H](Cc1ccccc1)C(=O)N1CCC[C@H]1C(=O)N[C@@H](Cc1ccccc1)C(=O)N[C@@H](CC(N)=O)C(=O)N[C@@H](Cc1cnc[nH]1)C(=O)N[C@@H](CS)C(=O)N[C@@H](CC(=O)O)C(=O)O. The van der Waals surface area contributed by atoms with Gasteiger partial charge in [-0.2, -0.15) is 25.3 Å². The molecule has 532 valence electrons. The summed E-state index contributed by atoms with van der Waals surface area (Å²) in [5, 5.41) is 42.6. The molecule has 11 amide bonds. The zero-order chi connectivity index (χ0) is 72.6. The van der Waals surface area contributed by atoms with Gasteiger partial charge >= 0.3 is 11.9 Å². The van der Waals surface area contributed by atoms with Crippen LogP contribution >= 0.6 is 25.3 Å². The van der Waals surface area contributed by atoms with Gasteiger partial charge in [0.15, 0.2) is 0 Å².